The molecule has 4 heteroatoms. The lowest BCUT2D eigenvalue weighted by molar-refractivity contribution is -0.139. The van der Waals surface area contributed by atoms with Gasteiger partial charge < -0.3 is 14.6 Å². The summed E-state index contributed by atoms with van der Waals surface area (Å²) >= 11 is 0. The third-order valence-electron chi connectivity index (χ3n) is 4.11. The third-order valence-corrected chi connectivity index (χ3v) is 4.11. The van der Waals surface area contributed by atoms with E-state index in [9.17, 15) is 9.90 Å². The fourth-order valence-corrected chi connectivity index (χ4v) is 2.89. The monoisotopic (exact) mass is 314 g/mol. The average Bonchev–Trinajstić information content (AvgIpc) is 2.59. The van der Waals surface area contributed by atoms with Gasteiger partial charge in [-0.3, -0.25) is 4.79 Å². The van der Waals surface area contributed by atoms with Crippen molar-refractivity contribution in [2.45, 2.75) is 25.2 Å². The van der Waals surface area contributed by atoms with Gasteiger partial charge in [-0.1, -0.05) is 31.2 Å². The van der Waals surface area contributed by atoms with Gasteiger partial charge in [0.1, 0.15) is 11.5 Å². The zero-order valence-corrected chi connectivity index (χ0v) is 13.7. The molecule has 0 aromatic heterocycles. The Kier molecular flexibility index (Phi) is 5.63. The Morgan fingerprint density at radius 3 is 2.17 bits per heavy atom. The van der Waals surface area contributed by atoms with Crippen molar-refractivity contribution in [3.8, 4) is 11.5 Å². The predicted octanol–water partition coefficient (Wildman–Crippen LogP) is 4.07. The molecule has 122 valence electrons. The van der Waals surface area contributed by atoms with E-state index in [1.807, 2.05) is 43.3 Å². The number of rotatable bonds is 7. The number of aliphatic carboxylic acids is 1. The summed E-state index contributed by atoms with van der Waals surface area (Å²) in [5.74, 6) is -0.119. The number of carboxylic acid groups (broad SMARTS) is 1. The van der Waals surface area contributed by atoms with E-state index >= 15 is 0 Å². The van der Waals surface area contributed by atoms with Crippen molar-refractivity contribution in [1.29, 1.82) is 0 Å². The largest absolute Gasteiger partial charge is 0.497 e. The van der Waals surface area contributed by atoms with Crippen LogP contribution in [-0.2, 0) is 4.79 Å². The van der Waals surface area contributed by atoms with Crippen molar-refractivity contribution in [1.82, 2.24) is 0 Å². The number of hydrogen-bond acceptors (Lipinski definition) is 3. The molecule has 0 bridgehead atoms. The summed E-state index contributed by atoms with van der Waals surface area (Å²) in [6.07, 6.45) is 0.718. The lowest BCUT2D eigenvalue weighted by Gasteiger charge is -2.24. The molecule has 0 radical (unpaired) electrons. The Bertz CT molecular complexity index is 649. The number of ether oxygens (including phenoxy) is 2. The molecule has 1 N–H and O–H groups in total. The van der Waals surface area contributed by atoms with Crippen LogP contribution in [0.15, 0.2) is 48.5 Å². The Hall–Kier alpha value is -2.49. The second-order valence-electron chi connectivity index (χ2n) is 5.38. The quantitative estimate of drug-likeness (QED) is 0.837. The van der Waals surface area contributed by atoms with Crippen LogP contribution in [0.4, 0.5) is 0 Å². The summed E-state index contributed by atoms with van der Waals surface area (Å²) in [7, 11) is 3.20. The molecule has 0 fully saturated rings. The second-order valence-corrected chi connectivity index (χ2v) is 5.38. The first-order valence-electron chi connectivity index (χ1n) is 7.61. The topological polar surface area (TPSA) is 55.8 Å². The van der Waals surface area contributed by atoms with E-state index in [0.29, 0.717) is 5.75 Å². The van der Waals surface area contributed by atoms with E-state index in [0.717, 1.165) is 23.3 Å². The molecule has 2 aromatic carbocycles. The maximum atomic E-state index is 11.9. The fraction of sp³-hybridized carbons (Fsp3) is 0.316. The first-order chi connectivity index (χ1) is 11.1. The van der Waals surface area contributed by atoms with Crippen molar-refractivity contribution in [3.63, 3.8) is 0 Å². The minimum Gasteiger partial charge on any atom is -0.497 e. The van der Waals surface area contributed by atoms with Gasteiger partial charge in [0.2, 0.25) is 0 Å². The van der Waals surface area contributed by atoms with Gasteiger partial charge in [0.15, 0.2) is 0 Å². The van der Waals surface area contributed by atoms with Crippen molar-refractivity contribution in [3.05, 3.63) is 59.7 Å². The second kappa shape index (κ2) is 7.68. The summed E-state index contributed by atoms with van der Waals surface area (Å²) in [5.41, 5.74) is 1.74. The van der Waals surface area contributed by atoms with Crippen LogP contribution in [0.3, 0.4) is 0 Å². The standard InChI is InChI=1S/C19H22O4/c1-4-17(14-6-5-7-16(12-14)23-3)18(19(20)21)13-8-10-15(22-2)11-9-13/h5-12,17-18H,4H2,1-3H3,(H,20,21)/t17-,18+/m1/s1. The summed E-state index contributed by atoms with van der Waals surface area (Å²) in [4.78, 5) is 11.9. The van der Waals surface area contributed by atoms with Gasteiger partial charge in [-0.05, 0) is 41.8 Å². The summed E-state index contributed by atoms with van der Waals surface area (Å²) in [6, 6.07) is 14.8. The highest BCUT2D eigenvalue weighted by atomic mass is 16.5. The molecule has 2 atom stereocenters. The van der Waals surface area contributed by atoms with E-state index < -0.39 is 11.9 Å². The van der Waals surface area contributed by atoms with Crippen LogP contribution >= 0.6 is 0 Å². The van der Waals surface area contributed by atoms with Crippen LogP contribution in [0, 0.1) is 0 Å². The van der Waals surface area contributed by atoms with Crippen molar-refractivity contribution in [2.75, 3.05) is 14.2 Å². The van der Waals surface area contributed by atoms with Gasteiger partial charge in [-0.15, -0.1) is 0 Å². The van der Waals surface area contributed by atoms with E-state index in [2.05, 4.69) is 0 Å². The highest BCUT2D eigenvalue weighted by Gasteiger charge is 2.30. The first kappa shape index (κ1) is 16.9. The van der Waals surface area contributed by atoms with Crippen LogP contribution in [0.1, 0.15) is 36.3 Å². The van der Waals surface area contributed by atoms with E-state index in [-0.39, 0.29) is 5.92 Å². The van der Waals surface area contributed by atoms with Gasteiger partial charge in [-0.25, -0.2) is 0 Å². The van der Waals surface area contributed by atoms with Crippen molar-refractivity contribution in [2.24, 2.45) is 0 Å². The average molecular weight is 314 g/mol. The first-order valence-corrected chi connectivity index (χ1v) is 7.61. The van der Waals surface area contributed by atoms with Gasteiger partial charge in [0.25, 0.3) is 0 Å². The maximum absolute atomic E-state index is 11.9. The maximum Gasteiger partial charge on any atom is 0.311 e. The minimum atomic E-state index is -0.829. The number of carboxylic acids is 1. The van der Waals surface area contributed by atoms with Crippen molar-refractivity contribution >= 4 is 5.97 Å². The van der Waals surface area contributed by atoms with Gasteiger partial charge in [-0.2, -0.15) is 0 Å². The highest BCUT2D eigenvalue weighted by Crippen LogP contribution is 2.37. The van der Waals surface area contributed by atoms with E-state index in [1.165, 1.54) is 0 Å². The van der Waals surface area contributed by atoms with Gasteiger partial charge in [0.05, 0.1) is 20.1 Å². The minimum absolute atomic E-state index is 0.129. The highest BCUT2D eigenvalue weighted by molar-refractivity contribution is 5.77. The molecule has 23 heavy (non-hydrogen) atoms. The van der Waals surface area contributed by atoms with E-state index in [4.69, 9.17) is 9.47 Å². The number of hydrogen-bond donors (Lipinski definition) is 1. The molecule has 0 aliphatic rings. The zero-order valence-electron chi connectivity index (χ0n) is 13.7. The molecule has 0 aliphatic carbocycles. The Labute approximate surface area is 136 Å². The van der Waals surface area contributed by atoms with Crippen LogP contribution < -0.4 is 9.47 Å². The molecule has 0 unspecified atom stereocenters. The molecule has 2 rings (SSSR count). The molecular weight excluding hydrogens is 292 g/mol. The van der Waals surface area contributed by atoms with Gasteiger partial charge in [0, 0.05) is 5.92 Å². The van der Waals surface area contributed by atoms with Crippen LogP contribution in [0.5, 0.6) is 11.5 Å². The Balaban J connectivity index is 2.41. The molecule has 0 amide bonds. The van der Waals surface area contributed by atoms with E-state index in [1.54, 1.807) is 26.4 Å². The molecule has 4 nitrogen and oxygen atoms in total. The molecule has 0 saturated carbocycles. The molecular formula is C19H22O4. The van der Waals surface area contributed by atoms with Crippen LogP contribution in [-0.4, -0.2) is 25.3 Å². The molecule has 2 aromatic rings. The van der Waals surface area contributed by atoms with Crippen molar-refractivity contribution < 1.29 is 19.4 Å². The fourth-order valence-electron chi connectivity index (χ4n) is 2.89. The third kappa shape index (κ3) is 3.83. The van der Waals surface area contributed by atoms with Gasteiger partial charge >= 0.3 is 5.97 Å². The number of carbonyl (C=O) groups is 1. The van der Waals surface area contributed by atoms with Crippen LogP contribution in [0.2, 0.25) is 0 Å². The number of benzene rings is 2. The lowest BCUT2D eigenvalue weighted by Crippen LogP contribution is -2.20. The Morgan fingerprint density at radius 1 is 1.00 bits per heavy atom. The molecule has 0 spiro atoms. The molecule has 0 heterocycles. The SMILES string of the molecule is CC[C@H](c1cccc(OC)c1)[C@@H](C(=O)O)c1ccc(OC)cc1. The smallest absolute Gasteiger partial charge is 0.311 e. The molecule has 0 aliphatic heterocycles. The normalized spacial score (nSPS) is 13.2. The summed E-state index contributed by atoms with van der Waals surface area (Å²) in [5, 5.41) is 9.78. The Morgan fingerprint density at radius 2 is 1.65 bits per heavy atom. The number of methoxy groups -OCH3 is 2. The molecule has 0 saturated heterocycles. The summed E-state index contributed by atoms with van der Waals surface area (Å²) in [6.45, 7) is 2.00. The van der Waals surface area contributed by atoms with Crippen LogP contribution in [0.25, 0.3) is 0 Å². The summed E-state index contributed by atoms with van der Waals surface area (Å²) < 4.78 is 10.4. The predicted molar refractivity (Wildman–Crippen MR) is 89.4 cm³/mol. The zero-order chi connectivity index (χ0) is 16.8. The lowest BCUT2D eigenvalue weighted by atomic mass is 9.80.